The van der Waals surface area contributed by atoms with Crippen LogP contribution in [0.3, 0.4) is 0 Å². The van der Waals surface area contributed by atoms with Crippen molar-refractivity contribution < 1.29 is 19.8 Å². The first-order chi connectivity index (χ1) is 7.93. The Morgan fingerprint density at radius 2 is 2.00 bits per heavy atom. The number of carbonyl (C=O) groups excluding carboxylic acids is 1. The molecule has 0 aliphatic rings. The number of aliphatic carboxylic acids is 1. The van der Waals surface area contributed by atoms with E-state index in [1.807, 2.05) is 0 Å². The molecule has 17 heavy (non-hydrogen) atoms. The fourth-order valence-corrected chi connectivity index (χ4v) is 1.40. The van der Waals surface area contributed by atoms with Crippen LogP contribution in [0.25, 0.3) is 0 Å². The Bertz CT molecular complexity index is 442. The fraction of sp³-hybridized carbons (Fsp3) is 0.333. The number of aryl methyl sites for hydroxylation is 1. The molecule has 0 atom stereocenters. The van der Waals surface area contributed by atoms with E-state index in [0.29, 0.717) is 5.56 Å². The Balaban J connectivity index is 2.82. The van der Waals surface area contributed by atoms with Crippen LogP contribution in [0, 0.1) is 6.92 Å². The molecule has 0 unspecified atom stereocenters. The summed E-state index contributed by atoms with van der Waals surface area (Å²) in [4.78, 5) is 23.6. The van der Waals surface area contributed by atoms with Gasteiger partial charge < -0.3 is 15.1 Å². The van der Waals surface area contributed by atoms with E-state index < -0.39 is 5.97 Å². The number of carboxylic acids is 1. The second-order valence-electron chi connectivity index (χ2n) is 3.84. The van der Waals surface area contributed by atoms with Gasteiger partial charge in [0.15, 0.2) is 0 Å². The molecule has 1 amide bonds. The van der Waals surface area contributed by atoms with E-state index in [0.717, 1.165) is 0 Å². The van der Waals surface area contributed by atoms with Gasteiger partial charge in [-0.2, -0.15) is 0 Å². The quantitative estimate of drug-likeness (QED) is 0.826. The maximum absolute atomic E-state index is 11.9. The van der Waals surface area contributed by atoms with Crippen LogP contribution in [0.1, 0.15) is 22.3 Å². The average Bonchev–Trinajstić information content (AvgIpc) is 2.28. The van der Waals surface area contributed by atoms with Crippen LogP contribution in [0.4, 0.5) is 0 Å². The Labute approximate surface area is 99.3 Å². The molecule has 0 spiro atoms. The molecule has 5 nitrogen and oxygen atoms in total. The number of amides is 1. The van der Waals surface area contributed by atoms with Crippen molar-refractivity contribution in [2.45, 2.75) is 13.3 Å². The number of benzene rings is 1. The number of rotatable bonds is 4. The predicted molar refractivity (Wildman–Crippen MR) is 62.1 cm³/mol. The zero-order valence-electron chi connectivity index (χ0n) is 9.80. The number of carbonyl (C=O) groups is 2. The molecule has 0 aliphatic heterocycles. The largest absolute Gasteiger partial charge is 0.507 e. The molecular formula is C12H15NO4. The van der Waals surface area contributed by atoms with Crippen molar-refractivity contribution >= 4 is 11.9 Å². The summed E-state index contributed by atoms with van der Waals surface area (Å²) in [5.41, 5.74) is 0.806. The topological polar surface area (TPSA) is 77.8 Å². The first kappa shape index (κ1) is 13.0. The molecule has 1 aromatic carbocycles. The van der Waals surface area contributed by atoms with Crippen LogP contribution in [-0.4, -0.2) is 40.6 Å². The van der Waals surface area contributed by atoms with Crippen LogP contribution < -0.4 is 0 Å². The van der Waals surface area contributed by atoms with E-state index in [1.165, 1.54) is 18.0 Å². The van der Waals surface area contributed by atoms with Crippen molar-refractivity contribution in [3.8, 4) is 5.75 Å². The summed E-state index contributed by atoms with van der Waals surface area (Å²) in [6.45, 7) is 1.81. The van der Waals surface area contributed by atoms with Gasteiger partial charge >= 0.3 is 5.97 Å². The Kier molecular flexibility index (Phi) is 4.09. The number of hydrogen-bond acceptors (Lipinski definition) is 3. The van der Waals surface area contributed by atoms with Crippen LogP contribution in [0.15, 0.2) is 18.2 Å². The van der Waals surface area contributed by atoms with Gasteiger partial charge in [0.2, 0.25) is 0 Å². The van der Waals surface area contributed by atoms with E-state index >= 15 is 0 Å². The Hall–Kier alpha value is -2.04. The lowest BCUT2D eigenvalue weighted by Crippen LogP contribution is -2.29. The normalized spacial score (nSPS) is 10.0. The highest BCUT2D eigenvalue weighted by molar-refractivity contribution is 5.97. The van der Waals surface area contributed by atoms with Gasteiger partial charge in [0.25, 0.3) is 5.91 Å². The Morgan fingerprint density at radius 3 is 2.59 bits per heavy atom. The number of nitrogens with zero attached hydrogens (tertiary/aromatic N) is 1. The highest BCUT2D eigenvalue weighted by Crippen LogP contribution is 2.22. The molecule has 0 bridgehead atoms. The smallest absolute Gasteiger partial charge is 0.305 e. The first-order valence-electron chi connectivity index (χ1n) is 5.19. The molecule has 92 valence electrons. The molecule has 0 aromatic heterocycles. The van der Waals surface area contributed by atoms with Gasteiger partial charge in [0, 0.05) is 13.6 Å². The summed E-state index contributed by atoms with van der Waals surface area (Å²) in [6.07, 6.45) is -0.116. The molecule has 2 N–H and O–H groups in total. The van der Waals surface area contributed by atoms with Crippen LogP contribution in [0.2, 0.25) is 0 Å². The first-order valence-corrected chi connectivity index (χ1v) is 5.19. The van der Waals surface area contributed by atoms with Gasteiger partial charge in [0.1, 0.15) is 5.75 Å². The zero-order chi connectivity index (χ0) is 13.0. The van der Waals surface area contributed by atoms with Gasteiger partial charge in [-0.05, 0) is 18.6 Å². The van der Waals surface area contributed by atoms with E-state index in [4.69, 9.17) is 5.11 Å². The van der Waals surface area contributed by atoms with Crippen molar-refractivity contribution in [2.75, 3.05) is 13.6 Å². The third-order valence-corrected chi connectivity index (χ3v) is 2.48. The highest BCUT2D eigenvalue weighted by Gasteiger charge is 2.17. The molecule has 0 aliphatic carbocycles. The molecule has 0 radical (unpaired) electrons. The summed E-state index contributed by atoms with van der Waals surface area (Å²) >= 11 is 0. The predicted octanol–water partition coefficient (Wildman–Crippen LogP) is 1.25. The molecule has 0 saturated carbocycles. The molecular weight excluding hydrogens is 222 g/mol. The average molecular weight is 237 g/mol. The third-order valence-electron chi connectivity index (χ3n) is 2.48. The zero-order valence-corrected chi connectivity index (χ0v) is 9.80. The van der Waals surface area contributed by atoms with E-state index in [2.05, 4.69) is 0 Å². The standard InChI is InChI=1S/C12H15NO4/c1-8-4-3-5-9(11(8)16)12(17)13(2)7-6-10(14)15/h3-5,16H,6-7H2,1-2H3,(H,14,15). The minimum atomic E-state index is -0.960. The summed E-state index contributed by atoms with van der Waals surface area (Å²) < 4.78 is 0. The lowest BCUT2D eigenvalue weighted by Gasteiger charge is -2.17. The summed E-state index contributed by atoms with van der Waals surface area (Å²) in [5.74, 6) is -1.40. The number of phenolic OH excluding ortho intramolecular Hbond substituents is 1. The monoisotopic (exact) mass is 237 g/mol. The highest BCUT2D eigenvalue weighted by atomic mass is 16.4. The van der Waals surface area contributed by atoms with Crippen LogP contribution >= 0.6 is 0 Å². The SMILES string of the molecule is Cc1cccc(C(=O)N(C)CCC(=O)O)c1O. The van der Waals surface area contributed by atoms with Crippen molar-refractivity contribution in [3.05, 3.63) is 29.3 Å². The molecule has 1 aromatic rings. The summed E-state index contributed by atoms with van der Waals surface area (Å²) in [5, 5.41) is 18.3. The molecule has 0 saturated heterocycles. The minimum Gasteiger partial charge on any atom is -0.507 e. The second-order valence-corrected chi connectivity index (χ2v) is 3.84. The van der Waals surface area contributed by atoms with Crippen molar-refractivity contribution in [2.24, 2.45) is 0 Å². The maximum Gasteiger partial charge on any atom is 0.305 e. The van der Waals surface area contributed by atoms with Gasteiger partial charge in [-0.25, -0.2) is 0 Å². The molecule has 0 fully saturated rings. The number of phenols is 1. The Morgan fingerprint density at radius 1 is 1.35 bits per heavy atom. The van der Waals surface area contributed by atoms with Crippen molar-refractivity contribution in [1.29, 1.82) is 0 Å². The molecule has 1 rings (SSSR count). The number of aromatic hydroxyl groups is 1. The number of carboxylic acid groups (broad SMARTS) is 1. The van der Waals surface area contributed by atoms with Crippen LogP contribution in [-0.2, 0) is 4.79 Å². The maximum atomic E-state index is 11.9. The molecule has 0 heterocycles. The van der Waals surface area contributed by atoms with E-state index in [9.17, 15) is 14.7 Å². The minimum absolute atomic E-state index is 0.0559. The number of hydrogen-bond donors (Lipinski definition) is 2. The van der Waals surface area contributed by atoms with E-state index in [1.54, 1.807) is 19.1 Å². The van der Waals surface area contributed by atoms with Crippen LogP contribution in [0.5, 0.6) is 5.75 Å². The second kappa shape index (κ2) is 5.34. The molecule has 5 heteroatoms. The number of para-hydroxylation sites is 1. The lowest BCUT2D eigenvalue weighted by atomic mass is 10.1. The fourth-order valence-electron chi connectivity index (χ4n) is 1.40. The summed E-state index contributed by atoms with van der Waals surface area (Å²) in [6, 6.07) is 4.89. The van der Waals surface area contributed by atoms with Crippen molar-refractivity contribution in [3.63, 3.8) is 0 Å². The summed E-state index contributed by atoms with van der Waals surface area (Å²) in [7, 11) is 1.51. The van der Waals surface area contributed by atoms with Gasteiger partial charge in [-0.3, -0.25) is 9.59 Å². The lowest BCUT2D eigenvalue weighted by molar-refractivity contribution is -0.137. The van der Waals surface area contributed by atoms with Gasteiger partial charge in [0.05, 0.1) is 12.0 Å². The van der Waals surface area contributed by atoms with Gasteiger partial charge in [-0.15, -0.1) is 0 Å². The van der Waals surface area contributed by atoms with E-state index in [-0.39, 0.29) is 30.2 Å². The van der Waals surface area contributed by atoms with Crippen molar-refractivity contribution in [1.82, 2.24) is 4.90 Å². The van der Waals surface area contributed by atoms with Gasteiger partial charge in [-0.1, -0.05) is 12.1 Å². The third kappa shape index (κ3) is 3.21.